The average molecular weight is 601 g/mol. The number of alkyl carbamates (subject to hydrolysis) is 1. The van der Waals surface area contributed by atoms with Crippen molar-refractivity contribution in [3.05, 3.63) is 59.7 Å². The number of fused-ring (bicyclic) bond motifs is 3. The molecule has 1 atom stereocenters. The van der Waals surface area contributed by atoms with E-state index in [0.717, 1.165) is 0 Å². The lowest BCUT2D eigenvalue weighted by Crippen LogP contribution is -2.41. The van der Waals surface area contributed by atoms with E-state index in [1.165, 1.54) is 22.3 Å². The summed E-state index contributed by atoms with van der Waals surface area (Å²) < 4.78 is 27.2. The van der Waals surface area contributed by atoms with Gasteiger partial charge in [0.2, 0.25) is 5.91 Å². The van der Waals surface area contributed by atoms with Crippen molar-refractivity contribution >= 4 is 18.0 Å². The Bertz CT molecular complexity index is 1110. The van der Waals surface area contributed by atoms with Gasteiger partial charge in [-0.05, 0) is 34.6 Å². The van der Waals surface area contributed by atoms with E-state index in [1.54, 1.807) is 0 Å². The minimum Gasteiger partial charge on any atom is -0.480 e. The highest BCUT2D eigenvalue weighted by atomic mass is 16.6. The summed E-state index contributed by atoms with van der Waals surface area (Å²) in [6, 6.07) is 15.5. The molecule has 0 saturated carbocycles. The van der Waals surface area contributed by atoms with Gasteiger partial charge in [0.05, 0.1) is 52.9 Å². The number of rotatable bonds is 21. The maximum atomic E-state index is 12.2. The topological polar surface area (TPSA) is 142 Å². The van der Waals surface area contributed by atoms with Crippen molar-refractivity contribution in [3.63, 3.8) is 0 Å². The molecule has 0 heterocycles. The second-order valence-electron chi connectivity index (χ2n) is 10.5. The molecule has 43 heavy (non-hydrogen) atoms. The maximum absolute atomic E-state index is 12.2. The molecule has 0 radical (unpaired) electrons. The maximum Gasteiger partial charge on any atom is 0.407 e. The molecule has 3 rings (SSSR count). The van der Waals surface area contributed by atoms with Crippen molar-refractivity contribution in [2.24, 2.45) is 5.92 Å². The van der Waals surface area contributed by atoms with Crippen LogP contribution in [0, 0.1) is 5.92 Å². The number of carboxylic acid groups (broad SMARTS) is 1. The van der Waals surface area contributed by atoms with Crippen molar-refractivity contribution in [1.82, 2.24) is 10.6 Å². The summed E-state index contributed by atoms with van der Waals surface area (Å²) in [6.07, 6.45) is -0.00335. The normalized spacial score (nSPS) is 12.9. The molecule has 236 valence electrons. The predicted molar refractivity (Wildman–Crippen MR) is 160 cm³/mol. The molecule has 0 spiro atoms. The van der Waals surface area contributed by atoms with Gasteiger partial charge in [0.1, 0.15) is 12.6 Å². The van der Waals surface area contributed by atoms with E-state index in [2.05, 4.69) is 34.9 Å². The van der Waals surface area contributed by atoms with Crippen LogP contribution in [-0.4, -0.2) is 95.1 Å². The number of carboxylic acids is 1. The number of benzene rings is 2. The van der Waals surface area contributed by atoms with Crippen LogP contribution in [0.2, 0.25) is 0 Å². The fraction of sp³-hybridized carbons (Fsp3) is 0.531. The van der Waals surface area contributed by atoms with Crippen LogP contribution in [0.1, 0.15) is 43.7 Å². The van der Waals surface area contributed by atoms with Gasteiger partial charge in [-0.15, -0.1) is 0 Å². The van der Waals surface area contributed by atoms with Gasteiger partial charge in [0.15, 0.2) is 0 Å². The second-order valence-corrected chi connectivity index (χ2v) is 10.5. The predicted octanol–water partition coefficient (Wildman–Crippen LogP) is 3.60. The monoisotopic (exact) mass is 600 g/mol. The Morgan fingerprint density at radius 3 is 1.81 bits per heavy atom. The Balaban J connectivity index is 1.11. The summed E-state index contributed by atoms with van der Waals surface area (Å²) in [5, 5.41) is 14.4. The number of aliphatic carboxylic acids is 1. The van der Waals surface area contributed by atoms with Gasteiger partial charge in [-0.25, -0.2) is 9.59 Å². The molecule has 3 N–H and O–H groups in total. The summed E-state index contributed by atoms with van der Waals surface area (Å²) >= 11 is 0. The molecule has 11 heteroatoms. The fourth-order valence-corrected chi connectivity index (χ4v) is 4.76. The Morgan fingerprint density at radius 2 is 1.28 bits per heavy atom. The number of ether oxygens (including phenoxy) is 5. The molecule has 1 aliphatic rings. The van der Waals surface area contributed by atoms with Gasteiger partial charge in [0.25, 0.3) is 0 Å². The van der Waals surface area contributed by atoms with Crippen molar-refractivity contribution in [2.45, 2.75) is 38.6 Å². The van der Waals surface area contributed by atoms with Crippen molar-refractivity contribution < 1.29 is 43.2 Å². The van der Waals surface area contributed by atoms with Gasteiger partial charge in [-0.2, -0.15) is 0 Å². The van der Waals surface area contributed by atoms with E-state index in [9.17, 15) is 19.5 Å². The minimum atomic E-state index is -1.03. The molecule has 2 aromatic rings. The molecule has 0 aromatic heterocycles. The van der Waals surface area contributed by atoms with Gasteiger partial charge < -0.3 is 39.4 Å². The number of amides is 2. The smallest absolute Gasteiger partial charge is 0.407 e. The Kier molecular flexibility index (Phi) is 14.9. The third-order valence-electron chi connectivity index (χ3n) is 6.79. The fourth-order valence-electron chi connectivity index (χ4n) is 4.76. The van der Waals surface area contributed by atoms with Crippen LogP contribution < -0.4 is 10.6 Å². The first-order chi connectivity index (χ1) is 20.9. The summed E-state index contributed by atoms with van der Waals surface area (Å²) in [6.45, 7) is 7.19. The standard InChI is InChI=1S/C32H44N2O9/c1-23(2)21-29(31(36)37)34-30(35)11-13-39-15-17-41-19-20-42-18-16-40-14-12-33-32(38)43-22-28-26-9-5-3-7-24(26)25-8-4-6-10-27(25)28/h3-10,23,28-29H,11-22H2,1-2H3,(H,33,38)(H,34,35)(H,36,37)/t29-/m0/s1. The highest BCUT2D eigenvalue weighted by Crippen LogP contribution is 2.44. The SMILES string of the molecule is CC(C)C[C@H](NC(=O)CCOCCOCCOCCOCCNC(=O)OCC1c2ccccc2-c2ccccc21)C(=O)O. The summed E-state index contributed by atoms with van der Waals surface area (Å²) in [5.74, 6) is -1.20. The van der Waals surface area contributed by atoms with E-state index >= 15 is 0 Å². The average Bonchev–Trinajstić information content (AvgIpc) is 3.31. The molecule has 1 aliphatic carbocycles. The van der Waals surface area contributed by atoms with Gasteiger partial charge in [0, 0.05) is 18.9 Å². The lowest BCUT2D eigenvalue weighted by atomic mass is 9.98. The molecule has 2 aromatic carbocycles. The van der Waals surface area contributed by atoms with E-state index in [1.807, 2.05) is 38.1 Å². The molecule has 0 bridgehead atoms. The van der Waals surface area contributed by atoms with E-state index in [-0.39, 0.29) is 37.4 Å². The summed E-state index contributed by atoms with van der Waals surface area (Å²) in [5.41, 5.74) is 4.72. The third kappa shape index (κ3) is 11.9. The number of carbonyl (C=O) groups excluding carboxylic acids is 2. The molecular weight excluding hydrogens is 556 g/mol. The quantitative estimate of drug-likeness (QED) is 0.183. The molecule has 0 aliphatic heterocycles. The number of hydrogen-bond donors (Lipinski definition) is 3. The highest BCUT2D eigenvalue weighted by Gasteiger charge is 2.29. The highest BCUT2D eigenvalue weighted by molar-refractivity contribution is 5.83. The van der Waals surface area contributed by atoms with Crippen LogP contribution in [0.15, 0.2) is 48.5 Å². The zero-order valence-electron chi connectivity index (χ0n) is 25.0. The number of hydrogen-bond acceptors (Lipinski definition) is 8. The van der Waals surface area contributed by atoms with Crippen molar-refractivity contribution in [1.29, 1.82) is 0 Å². The number of nitrogens with one attached hydrogen (secondary N) is 2. The van der Waals surface area contributed by atoms with Crippen molar-refractivity contribution in [2.75, 3.05) is 66.0 Å². The van der Waals surface area contributed by atoms with Crippen molar-refractivity contribution in [3.8, 4) is 11.1 Å². The Morgan fingerprint density at radius 1 is 0.767 bits per heavy atom. The first kappa shape index (κ1) is 34.0. The molecule has 0 fully saturated rings. The zero-order valence-corrected chi connectivity index (χ0v) is 25.0. The van der Waals surface area contributed by atoms with Gasteiger partial charge >= 0.3 is 12.1 Å². The first-order valence-electron chi connectivity index (χ1n) is 14.8. The van der Waals surface area contributed by atoms with Crippen LogP contribution in [0.5, 0.6) is 0 Å². The van der Waals surface area contributed by atoms with E-state index in [0.29, 0.717) is 59.2 Å². The Hall–Kier alpha value is -3.51. The lowest BCUT2D eigenvalue weighted by Gasteiger charge is -2.16. The molecule has 2 amide bonds. The first-order valence-corrected chi connectivity index (χ1v) is 14.8. The zero-order chi connectivity index (χ0) is 30.9. The van der Waals surface area contributed by atoms with Crippen LogP contribution in [0.4, 0.5) is 4.79 Å². The van der Waals surface area contributed by atoms with Crippen LogP contribution in [0.3, 0.4) is 0 Å². The van der Waals surface area contributed by atoms with Crippen LogP contribution >= 0.6 is 0 Å². The summed E-state index contributed by atoms with van der Waals surface area (Å²) in [4.78, 5) is 35.3. The Labute approximate surface area is 253 Å². The molecule has 0 saturated heterocycles. The summed E-state index contributed by atoms with van der Waals surface area (Å²) in [7, 11) is 0. The van der Waals surface area contributed by atoms with Gasteiger partial charge in [-0.1, -0.05) is 62.4 Å². The molecule has 0 unspecified atom stereocenters. The van der Waals surface area contributed by atoms with Crippen LogP contribution in [0.25, 0.3) is 11.1 Å². The number of carbonyl (C=O) groups is 3. The lowest BCUT2D eigenvalue weighted by molar-refractivity contribution is -0.142. The minimum absolute atomic E-state index is 0.0239. The second kappa shape index (κ2) is 18.9. The van der Waals surface area contributed by atoms with E-state index in [4.69, 9.17) is 23.7 Å². The van der Waals surface area contributed by atoms with E-state index < -0.39 is 18.1 Å². The third-order valence-corrected chi connectivity index (χ3v) is 6.79. The van der Waals surface area contributed by atoms with Crippen LogP contribution in [-0.2, 0) is 33.3 Å². The largest absolute Gasteiger partial charge is 0.480 e. The molecule has 11 nitrogen and oxygen atoms in total. The molecular formula is C32H44N2O9. The van der Waals surface area contributed by atoms with Gasteiger partial charge in [-0.3, -0.25) is 4.79 Å².